The van der Waals surface area contributed by atoms with Gasteiger partial charge in [-0.3, -0.25) is 4.79 Å². The number of amides is 1. The smallest absolute Gasteiger partial charge is 0.244 e. The van der Waals surface area contributed by atoms with Gasteiger partial charge in [-0.05, 0) is 57.1 Å². The molecule has 1 aromatic carbocycles. The van der Waals surface area contributed by atoms with E-state index in [1.165, 1.54) is 20.5 Å². The Morgan fingerprint density at radius 3 is 2.75 bits per heavy atom. The molecular formula is C20H25N3O3S2. The first kappa shape index (κ1) is 19.5. The van der Waals surface area contributed by atoms with E-state index in [0.29, 0.717) is 30.4 Å². The number of hydrogen-bond acceptors (Lipinski definition) is 5. The molecule has 6 nitrogen and oxygen atoms in total. The van der Waals surface area contributed by atoms with Gasteiger partial charge in [0.15, 0.2) is 5.13 Å². The van der Waals surface area contributed by atoms with Gasteiger partial charge in [-0.25, -0.2) is 13.4 Å². The number of aromatic nitrogens is 1. The highest BCUT2D eigenvalue weighted by atomic mass is 32.2. The van der Waals surface area contributed by atoms with Crippen molar-refractivity contribution in [1.82, 2.24) is 9.29 Å². The second-order valence-corrected chi connectivity index (χ2v) is 10.8. The zero-order valence-electron chi connectivity index (χ0n) is 16.1. The van der Waals surface area contributed by atoms with Crippen LogP contribution in [0.25, 0.3) is 0 Å². The van der Waals surface area contributed by atoms with Crippen LogP contribution in [0, 0.1) is 12.8 Å². The number of sulfonamides is 1. The standard InChI is InChI=1S/C20H25N3O3S2/c1-13-5-8-15(9-6-13)28(25,26)23-11-3-4-17(23)19(24)22-20-21-16-10-7-14(2)12-18(16)27-20/h5-6,8-9,14,17H,3-4,7,10-12H2,1-2H3,(H,21,22,24)/t14-,17-/m0/s1. The SMILES string of the molecule is Cc1ccc(S(=O)(=O)N2CCC[C@H]2C(=O)Nc2nc3c(s2)C[C@@H](C)CC3)cc1. The zero-order valence-corrected chi connectivity index (χ0v) is 17.8. The summed E-state index contributed by atoms with van der Waals surface area (Å²) in [5, 5.41) is 3.47. The Morgan fingerprint density at radius 2 is 2.00 bits per heavy atom. The van der Waals surface area contributed by atoms with Gasteiger partial charge in [0.1, 0.15) is 6.04 Å². The molecule has 0 saturated carbocycles. The largest absolute Gasteiger partial charge is 0.301 e. The summed E-state index contributed by atoms with van der Waals surface area (Å²) in [7, 11) is -3.70. The summed E-state index contributed by atoms with van der Waals surface area (Å²) in [6.45, 7) is 4.50. The molecule has 4 rings (SSSR count). The van der Waals surface area contributed by atoms with Crippen LogP contribution in [0.4, 0.5) is 5.13 Å². The van der Waals surface area contributed by atoms with Crippen molar-refractivity contribution >= 4 is 32.4 Å². The molecule has 1 saturated heterocycles. The van der Waals surface area contributed by atoms with Crippen molar-refractivity contribution < 1.29 is 13.2 Å². The van der Waals surface area contributed by atoms with Gasteiger partial charge in [0.2, 0.25) is 15.9 Å². The van der Waals surface area contributed by atoms with E-state index in [2.05, 4.69) is 17.2 Å². The molecule has 2 atom stereocenters. The monoisotopic (exact) mass is 419 g/mol. The van der Waals surface area contributed by atoms with Crippen LogP contribution in [-0.2, 0) is 27.7 Å². The van der Waals surface area contributed by atoms with Gasteiger partial charge in [0, 0.05) is 11.4 Å². The minimum atomic E-state index is -3.70. The van der Waals surface area contributed by atoms with E-state index in [1.54, 1.807) is 24.3 Å². The first-order chi connectivity index (χ1) is 13.3. The Bertz CT molecular complexity index is 983. The molecule has 2 heterocycles. The summed E-state index contributed by atoms with van der Waals surface area (Å²) in [6, 6.07) is 6.08. The van der Waals surface area contributed by atoms with Gasteiger partial charge in [-0.15, -0.1) is 11.3 Å². The lowest BCUT2D eigenvalue weighted by molar-refractivity contribution is -0.119. The molecule has 1 aliphatic carbocycles. The van der Waals surface area contributed by atoms with E-state index in [9.17, 15) is 13.2 Å². The molecule has 2 aromatic rings. The molecule has 1 N–H and O–H groups in total. The Balaban J connectivity index is 1.52. The quantitative estimate of drug-likeness (QED) is 0.824. The summed E-state index contributed by atoms with van der Waals surface area (Å²) < 4.78 is 27.4. The maximum atomic E-state index is 13.0. The van der Waals surface area contributed by atoms with Crippen molar-refractivity contribution in [1.29, 1.82) is 0 Å². The number of carbonyl (C=O) groups excluding carboxylic acids is 1. The van der Waals surface area contributed by atoms with Crippen LogP contribution in [0.3, 0.4) is 0 Å². The molecule has 2 aliphatic rings. The maximum Gasteiger partial charge on any atom is 0.244 e. The number of hydrogen-bond donors (Lipinski definition) is 1. The van der Waals surface area contributed by atoms with Crippen LogP contribution in [0.1, 0.15) is 42.3 Å². The fourth-order valence-corrected chi connectivity index (χ4v) is 6.75. The molecule has 1 aromatic heterocycles. The van der Waals surface area contributed by atoms with Gasteiger partial charge in [-0.2, -0.15) is 4.31 Å². The Morgan fingerprint density at radius 1 is 1.25 bits per heavy atom. The molecule has 1 amide bonds. The van der Waals surface area contributed by atoms with Crippen molar-refractivity contribution in [3.05, 3.63) is 40.4 Å². The van der Waals surface area contributed by atoms with Gasteiger partial charge >= 0.3 is 0 Å². The first-order valence-electron chi connectivity index (χ1n) is 9.72. The van der Waals surface area contributed by atoms with Crippen molar-refractivity contribution in [2.24, 2.45) is 5.92 Å². The van der Waals surface area contributed by atoms with E-state index < -0.39 is 16.1 Å². The van der Waals surface area contributed by atoms with Crippen LogP contribution in [0.15, 0.2) is 29.2 Å². The van der Waals surface area contributed by atoms with Gasteiger partial charge in [-0.1, -0.05) is 24.6 Å². The number of aryl methyl sites for hydroxylation is 2. The van der Waals surface area contributed by atoms with E-state index in [-0.39, 0.29) is 10.8 Å². The number of nitrogens with zero attached hydrogens (tertiary/aromatic N) is 2. The van der Waals surface area contributed by atoms with Crippen LogP contribution in [0.5, 0.6) is 0 Å². The minimum Gasteiger partial charge on any atom is -0.301 e. The minimum absolute atomic E-state index is 0.233. The highest BCUT2D eigenvalue weighted by Crippen LogP contribution is 2.33. The fourth-order valence-electron chi connectivity index (χ4n) is 3.92. The lowest BCUT2D eigenvalue weighted by Gasteiger charge is -2.23. The number of fused-ring (bicyclic) bond motifs is 1. The lowest BCUT2D eigenvalue weighted by Crippen LogP contribution is -2.43. The first-order valence-corrected chi connectivity index (χ1v) is 12.0. The van der Waals surface area contributed by atoms with E-state index in [4.69, 9.17) is 0 Å². The van der Waals surface area contributed by atoms with Crippen LogP contribution >= 0.6 is 11.3 Å². The molecule has 8 heteroatoms. The Kier molecular flexibility index (Phi) is 5.28. The molecule has 0 bridgehead atoms. The topological polar surface area (TPSA) is 79.4 Å². The van der Waals surface area contributed by atoms with Gasteiger partial charge in [0.05, 0.1) is 10.6 Å². The second-order valence-electron chi connectivity index (χ2n) is 7.81. The number of carbonyl (C=O) groups is 1. The summed E-state index contributed by atoms with van der Waals surface area (Å²) in [4.78, 5) is 18.9. The predicted octanol–water partition coefficient (Wildman–Crippen LogP) is 3.37. The van der Waals surface area contributed by atoms with E-state index in [0.717, 1.165) is 30.5 Å². The molecule has 0 unspecified atom stereocenters. The van der Waals surface area contributed by atoms with Crippen molar-refractivity contribution in [3.63, 3.8) is 0 Å². The third-order valence-corrected chi connectivity index (χ3v) is 8.51. The van der Waals surface area contributed by atoms with Crippen molar-refractivity contribution in [3.8, 4) is 0 Å². The molecule has 0 spiro atoms. The van der Waals surface area contributed by atoms with Crippen LogP contribution < -0.4 is 5.32 Å². The summed E-state index contributed by atoms with van der Waals surface area (Å²) in [5.41, 5.74) is 2.07. The van der Waals surface area contributed by atoms with E-state index in [1.807, 2.05) is 6.92 Å². The van der Waals surface area contributed by atoms with Crippen LogP contribution in [-0.4, -0.2) is 36.2 Å². The average molecular weight is 420 g/mol. The maximum absolute atomic E-state index is 13.0. The van der Waals surface area contributed by atoms with Crippen molar-refractivity contribution in [2.45, 2.75) is 56.9 Å². The Labute approximate surface area is 170 Å². The number of nitrogens with one attached hydrogen (secondary N) is 1. The average Bonchev–Trinajstić information content (AvgIpc) is 3.28. The molecule has 28 heavy (non-hydrogen) atoms. The van der Waals surface area contributed by atoms with Crippen molar-refractivity contribution in [2.75, 3.05) is 11.9 Å². The number of rotatable bonds is 4. The third-order valence-electron chi connectivity index (χ3n) is 5.55. The van der Waals surface area contributed by atoms with Gasteiger partial charge in [0.25, 0.3) is 0 Å². The highest BCUT2D eigenvalue weighted by Gasteiger charge is 2.39. The second kappa shape index (κ2) is 7.57. The fraction of sp³-hybridized carbons (Fsp3) is 0.500. The predicted molar refractivity (Wildman–Crippen MR) is 110 cm³/mol. The van der Waals surface area contributed by atoms with E-state index >= 15 is 0 Å². The van der Waals surface area contributed by atoms with Crippen LogP contribution in [0.2, 0.25) is 0 Å². The molecule has 1 aliphatic heterocycles. The van der Waals surface area contributed by atoms with Gasteiger partial charge < -0.3 is 5.32 Å². The highest BCUT2D eigenvalue weighted by molar-refractivity contribution is 7.89. The molecular weight excluding hydrogens is 394 g/mol. The number of benzene rings is 1. The third kappa shape index (κ3) is 3.73. The zero-order chi connectivity index (χ0) is 19.9. The number of anilines is 1. The summed E-state index contributed by atoms with van der Waals surface area (Å²) >= 11 is 1.52. The summed E-state index contributed by atoms with van der Waals surface area (Å²) in [5.74, 6) is 0.355. The lowest BCUT2D eigenvalue weighted by atomic mass is 9.93. The molecule has 150 valence electrons. The summed E-state index contributed by atoms with van der Waals surface area (Å²) in [6.07, 6.45) is 4.27. The molecule has 1 fully saturated rings. The number of thiazole rings is 1. The normalized spacial score (nSPS) is 22.8. The molecule has 0 radical (unpaired) electrons. The Hall–Kier alpha value is -1.77.